The van der Waals surface area contributed by atoms with Crippen LogP contribution >= 0.6 is 23.1 Å². The van der Waals surface area contributed by atoms with E-state index in [-0.39, 0.29) is 18.4 Å². The van der Waals surface area contributed by atoms with E-state index < -0.39 is 0 Å². The number of thioether (sulfide) groups is 1. The molecule has 1 atom stereocenters. The quantitative estimate of drug-likeness (QED) is 0.750. The van der Waals surface area contributed by atoms with E-state index in [1.54, 1.807) is 36.4 Å². The zero-order valence-corrected chi connectivity index (χ0v) is 14.2. The molecule has 22 heavy (non-hydrogen) atoms. The first kappa shape index (κ1) is 16.9. The summed E-state index contributed by atoms with van der Waals surface area (Å²) in [5.41, 5.74) is 1.59. The van der Waals surface area contributed by atoms with Crippen LogP contribution in [0, 0.1) is 0 Å². The zero-order chi connectivity index (χ0) is 15.8. The molecule has 5 nitrogen and oxygen atoms in total. The molecule has 0 aliphatic carbocycles. The Morgan fingerprint density at radius 1 is 1.50 bits per heavy atom. The number of rotatable bonds is 8. The van der Waals surface area contributed by atoms with E-state index in [1.165, 1.54) is 0 Å². The maximum absolute atomic E-state index is 12.2. The Labute approximate surface area is 138 Å². The van der Waals surface area contributed by atoms with Crippen molar-refractivity contribution in [3.63, 3.8) is 0 Å². The highest BCUT2D eigenvalue weighted by Gasteiger charge is 2.16. The molecule has 2 rings (SSSR count). The first-order valence-corrected chi connectivity index (χ1v) is 8.86. The molecule has 0 aliphatic heterocycles. The Kier molecular flexibility index (Phi) is 6.82. The fourth-order valence-corrected chi connectivity index (χ4v) is 3.66. The van der Waals surface area contributed by atoms with Gasteiger partial charge in [-0.05, 0) is 17.9 Å². The molecule has 0 fully saturated rings. The Morgan fingerprint density at radius 3 is 3.05 bits per heavy atom. The third-order valence-electron chi connectivity index (χ3n) is 2.85. The lowest BCUT2D eigenvalue weighted by Crippen LogP contribution is -2.33. The Morgan fingerprint density at radius 2 is 2.36 bits per heavy atom. The van der Waals surface area contributed by atoms with Crippen molar-refractivity contribution in [2.75, 3.05) is 19.5 Å². The van der Waals surface area contributed by atoms with Gasteiger partial charge in [-0.25, -0.2) is 4.98 Å². The summed E-state index contributed by atoms with van der Waals surface area (Å²) in [5, 5.41) is 4.89. The maximum atomic E-state index is 12.2. The van der Waals surface area contributed by atoms with Crippen LogP contribution in [0.5, 0.6) is 0 Å². The average Bonchev–Trinajstić information content (AvgIpc) is 2.95. The number of methoxy groups -OCH3 is 1. The van der Waals surface area contributed by atoms with E-state index in [2.05, 4.69) is 22.2 Å². The summed E-state index contributed by atoms with van der Waals surface area (Å²) in [5.74, 6) is 0.903. The van der Waals surface area contributed by atoms with Crippen LogP contribution < -0.4 is 5.32 Å². The van der Waals surface area contributed by atoms with E-state index in [9.17, 15) is 4.79 Å². The lowest BCUT2D eigenvalue weighted by Gasteiger charge is -2.17. The predicted octanol–water partition coefficient (Wildman–Crippen LogP) is 2.70. The van der Waals surface area contributed by atoms with E-state index in [4.69, 9.17) is 4.74 Å². The molecule has 1 amide bonds. The molecule has 0 bridgehead atoms. The van der Waals surface area contributed by atoms with E-state index in [1.807, 2.05) is 23.6 Å². The summed E-state index contributed by atoms with van der Waals surface area (Å²) in [6, 6.07) is 5.37. The number of carbonyl (C=O) groups excluding carboxylic acids is 1. The number of amides is 1. The lowest BCUT2D eigenvalue weighted by molar-refractivity contribution is -0.121. The molecular weight excluding hydrogens is 318 g/mol. The molecule has 0 aliphatic rings. The molecular formula is C15H19N3O2S2. The third-order valence-corrected chi connectivity index (χ3v) is 4.81. The highest BCUT2D eigenvalue weighted by molar-refractivity contribution is 8.00. The van der Waals surface area contributed by atoms with Crippen LogP contribution in [0.4, 0.5) is 0 Å². The molecule has 0 saturated heterocycles. The second kappa shape index (κ2) is 8.87. The van der Waals surface area contributed by atoms with Crippen molar-refractivity contribution >= 4 is 29.0 Å². The number of pyridine rings is 1. The minimum absolute atomic E-state index is 0.0777. The van der Waals surface area contributed by atoms with Gasteiger partial charge in [0.15, 0.2) is 0 Å². The molecule has 1 N–H and O–H groups in total. The van der Waals surface area contributed by atoms with Crippen LogP contribution in [0.3, 0.4) is 0 Å². The van der Waals surface area contributed by atoms with Gasteiger partial charge in [0.2, 0.25) is 5.91 Å². The molecule has 2 aromatic heterocycles. The van der Waals surface area contributed by atoms with Crippen molar-refractivity contribution in [3.8, 4) is 0 Å². The van der Waals surface area contributed by atoms with Gasteiger partial charge >= 0.3 is 0 Å². The van der Waals surface area contributed by atoms with Crippen molar-refractivity contribution in [2.24, 2.45) is 0 Å². The predicted molar refractivity (Wildman–Crippen MR) is 89.2 cm³/mol. The monoisotopic (exact) mass is 337 g/mol. The second-order valence-corrected chi connectivity index (χ2v) is 6.91. The van der Waals surface area contributed by atoms with Crippen LogP contribution in [0.1, 0.15) is 24.4 Å². The highest BCUT2D eigenvalue weighted by Crippen LogP contribution is 2.22. The topological polar surface area (TPSA) is 64.1 Å². The largest absolute Gasteiger partial charge is 0.382 e. The molecule has 0 radical (unpaired) electrons. The molecule has 118 valence electrons. The number of thiazole rings is 1. The van der Waals surface area contributed by atoms with Gasteiger partial charge in [-0.2, -0.15) is 0 Å². The van der Waals surface area contributed by atoms with Crippen LogP contribution in [-0.2, 0) is 16.0 Å². The van der Waals surface area contributed by atoms with Gasteiger partial charge in [-0.3, -0.25) is 9.78 Å². The smallest absolute Gasteiger partial charge is 0.226 e. The van der Waals surface area contributed by atoms with Gasteiger partial charge in [0.1, 0.15) is 4.34 Å². The minimum Gasteiger partial charge on any atom is -0.382 e. The molecule has 0 unspecified atom stereocenters. The number of ether oxygens (including phenoxy) is 1. The summed E-state index contributed by atoms with van der Waals surface area (Å²) >= 11 is 3.26. The van der Waals surface area contributed by atoms with E-state index >= 15 is 0 Å². The fourth-order valence-electron chi connectivity index (χ4n) is 1.92. The molecule has 2 heterocycles. The second-order valence-electron chi connectivity index (χ2n) is 4.54. The van der Waals surface area contributed by atoms with Crippen molar-refractivity contribution in [1.82, 2.24) is 15.3 Å². The molecule has 0 saturated carbocycles. The van der Waals surface area contributed by atoms with Gasteiger partial charge in [-0.15, -0.1) is 11.3 Å². The van der Waals surface area contributed by atoms with Gasteiger partial charge in [0, 0.05) is 18.7 Å². The molecule has 7 heteroatoms. The number of nitrogens with zero attached hydrogens (tertiary/aromatic N) is 2. The van der Waals surface area contributed by atoms with Crippen molar-refractivity contribution < 1.29 is 9.53 Å². The first-order valence-electron chi connectivity index (χ1n) is 6.99. The SMILES string of the molecule is CCSc1nc(CC(=O)N[C@H](COC)c2ccccn2)cs1. The zero-order valence-electron chi connectivity index (χ0n) is 12.6. The van der Waals surface area contributed by atoms with Gasteiger partial charge in [0.25, 0.3) is 0 Å². The van der Waals surface area contributed by atoms with Gasteiger partial charge < -0.3 is 10.1 Å². The number of carbonyl (C=O) groups is 1. The summed E-state index contributed by atoms with van der Waals surface area (Å²) in [6.45, 7) is 2.47. The van der Waals surface area contributed by atoms with Gasteiger partial charge in [0.05, 0.1) is 30.5 Å². The van der Waals surface area contributed by atoms with E-state index in [0.29, 0.717) is 6.61 Å². The highest BCUT2D eigenvalue weighted by atomic mass is 32.2. The number of aromatic nitrogens is 2. The summed E-state index contributed by atoms with van der Waals surface area (Å²) < 4.78 is 6.18. The summed E-state index contributed by atoms with van der Waals surface area (Å²) in [7, 11) is 1.61. The average molecular weight is 337 g/mol. The maximum Gasteiger partial charge on any atom is 0.226 e. The number of nitrogens with one attached hydrogen (secondary N) is 1. The Hall–Kier alpha value is -1.44. The standard InChI is InChI=1S/C15H19N3O2S2/c1-3-21-15-17-11(10-22-15)8-14(19)18-13(9-20-2)12-6-4-5-7-16-12/h4-7,10,13H,3,8-9H2,1-2H3,(H,18,19)/t13-/m1/s1. The Bertz CT molecular complexity index is 589. The Balaban J connectivity index is 1.95. The third kappa shape index (κ3) is 5.08. The molecule has 0 spiro atoms. The normalized spacial score (nSPS) is 12.1. The van der Waals surface area contributed by atoms with Crippen molar-refractivity contribution in [3.05, 3.63) is 41.2 Å². The van der Waals surface area contributed by atoms with Crippen molar-refractivity contribution in [1.29, 1.82) is 0 Å². The fraction of sp³-hybridized carbons (Fsp3) is 0.400. The molecule has 0 aromatic carbocycles. The van der Waals surface area contributed by atoms with Crippen LogP contribution in [0.15, 0.2) is 34.1 Å². The van der Waals surface area contributed by atoms with Crippen molar-refractivity contribution in [2.45, 2.75) is 23.7 Å². The summed E-state index contributed by atoms with van der Waals surface area (Å²) in [4.78, 5) is 20.9. The summed E-state index contributed by atoms with van der Waals surface area (Å²) in [6.07, 6.45) is 1.98. The number of hydrogen-bond acceptors (Lipinski definition) is 6. The molecule has 2 aromatic rings. The lowest BCUT2D eigenvalue weighted by atomic mass is 10.2. The van der Waals surface area contributed by atoms with Crippen LogP contribution in [-0.4, -0.2) is 35.3 Å². The van der Waals surface area contributed by atoms with E-state index in [0.717, 1.165) is 21.5 Å². The van der Waals surface area contributed by atoms with Gasteiger partial charge in [-0.1, -0.05) is 24.8 Å². The minimum atomic E-state index is -0.248. The van der Waals surface area contributed by atoms with Crippen LogP contribution in [0.25, 0.3) is 0 Å². The van der Waals surface area contributed by atoms with Crippen LogP contribution in [0.2, 0.25) is 0 Å². The first-order chi connectivity index (χ1) is 10.7. The number of hydrogen-bond donors (Lipinski definition) is 1.